The van der Waals surface area contributed by atoms with Gasteiger partial charge < -0.3 is 5.32 Å². The van der Waals surface area contributed by atoms with Crippen molar-refractivity contribution >= 4 is 28.1 Å². The van der Waals surface area contributed by atoms with Gasteiger partial charge in [0.05, 0.1) is 11.5 Å². The molecule has 7 heteroatoms. The highest BCUT2D eigenvalue weighted by Crippen LogP contribution is 2.23. The highest BCUT2D eigenvalue weighted by Gasteiger charge is 2.19. The van der Waals surface area contributed by atoms with Crippen LogP contribution in [-0.2, 0) is 11.3 Å². The molecule has 0 atom stereocenters. The lowest BCUT2D eigenvalue weighted by Gasteiger charge is -2.34. The number of nitrogens with zero attached hydrogens (tertiary/aromatic N) is 3. The number of carbonyl (C=O) groups is 1. The van der Waals surface area contributed by atoms with Crippen molar-refractivity contribution in [2.24, 2.45) is 0 Å². The number of nitrogens with one attached hydrogen (secondary N) is 1. The third kappa shape index (κ3) is 4.82. The van der Waals surface area contributed by atoms with Gasteiger partial charge in [0.2, 0.25) is 5.91 Å². The molecule has 1 aliphatic heterocycles. The zero-order valence-electron chi connectivity index (χ0n) is 16.7. The van der Waals surface area contributed by atoms with Crippen molar-refractivity contribution in [1.29, 1.82) is 0 Å². The van der Waals surface area contributed by atoms with Crippen molar-refractivity contribution < 1.29 is 9.72 Å². The number of hydrogen-bond donors (Lipinski definition) is 1. The molecule has 1 amide bonds. The molecule has 0 unspecified atom stereocenters. The monoisotopic (exact) mass is 404 g/mol. The van der Waals surface area contributed by atoms with Gasteiger partial charge in [0.1, 0.15) is 0 Å². The Kier molecular flexibility index (Phi) is 6.02. The van der Waals surface area contributed by atoms with Gasteiger partial charge in [-0.05, 0) is 17.0 Å². The minimum atomic E-state index is -0.383. The fraction of sp³-hybridized carbons (Fsp3) is 0.261. The average Bonchev–Trinajstić information content (AvgIpc) is 2.76. The van der Waals surface area contributed by atoms with Gasteiger partial charge in [0.15, 0.2) is 0 Å². The first-order valence-corrected chi connectivity index (χ1v) is 10.0. The first-order chi connectivity index (χ1) is 14.6. The Morgan fingerprint density at radius 1 is 0.900 bits per heavy atom. The molecule has 4 rings (SSSR count). The Hall–Kier alpha value is -3.29. The Balaban J connectivity index is 1.27. The van der Waals surface area contributed by atoms with Gasteiger partial charge in [-0.15, -0.1) is 0 Å². The van der Waals surface area contributed by atoms with Crippen molar-refractivity contribution in [2.45, 2.75) is 6.54 Å². The highest BCUT2D eigenvalue weighted by molar-refractivity contribution is 6.02. The van der Waals surface area contributed by atoms with Crippen molar-refractivity contribution in [3.8, 4) is 0 Å². The number of non-ortho nitro benzene ring substituents is 1. The zero-order valence-corrected chi connectivity index (χ0v) is 16.7. The van der Waals surface area contributed by atoms with Gasteiger partial charge in [-0.1, -0.05) is 48.5 Å². The van der Waals surface area contributed by atoms with Crippen LogP contribution < -0.4 is 5.32 Å². The number of rotatable bonds is 6. The van der Waals surface area contributed by atoms with Crippen molar-refractivity contribution in [3.05, 3.63) is 82.4 Å². The van der Waals surface area contributed by atoms with E-state index >= 15 is 0 Å². The van der Waals surface area contributed by atoms with Crippen molar-refractivity contribution in [1.82, 2.24) is 9.80 Å². The van der Waals surface area contributed by atoms with E-state index in [1.54, 1.807) is 12.1 Å². The molecule has 1 fully saturated rings. The van der Waals surface area contributed by atoms with E-state index in [4.69, 9.17) is 0 Å². The molecular weight excluding hydrogens is 380 g/mol. The maximum absolute atomic E-state index is 12.6. The van der Waals surface area contributed by atoms with Crippen LogP contribution in [0.25, 0.3) is 10.8 Å². The molecule has 3 aromatic rings. The average molecular weight is 404 g/mol. The molecule has 154 valence electrons. The van der Waals surface area contributed by atoms with Crippen LogP contribution in [0.4, 0.5) is 11.4 Å². The maximum atomic E-state index is 12.6. The molecule has 1 N–H and O–H groups in total. The minimum absolute atomic E-state index is 0.00447. The van der Waals surface area contributed by atoms with Gasteiger partial charge in [-0.3, -0.25) is 24.7 Å². The molecule has 1 saturated heterocycles. The number of carbonyl (C=O) groups excluding carboxylic acids is 1. The second kappa shape index (κ2) is 9.02. The fourth-order valence-corrected chi connectivity index (χ4v) is 3.81. The maximum Gasteiger partial charge on any atom is 0.269 e. The molecule has 0 aromatic heterocycles. The normalized spacial score (nSPS) is 15.2. The predicted molar refractivity (Wildman–Crippen MR) is 117 cm³/mol. The smallest absolute Gasteiger partial charge is 0.269 e. The van der Waals surface area contributed by atoms with Gasteiger partial charge in [0, 0.05) is 55.9 Å². The third-order valence-electron chi connectivity index (χ3n) is 5.45. The first kappa shape index (κ1) is 20.0. The molecule has 7 nitrogen and oxygen atoms in total. The zero-order chi connectivity index (χ0) is 20.9. The van der Waals surface area contributed by atoms with Crippen LogP contribution in [0.1, 0.15) is 5.56 Å². The minimum Gasteiger partial charge on any atom is -0.324 e. The molecule has 30 heavy (non-hydrogen) atoms. The lowest BCUT2D eigenvalue weighted by molar-refractivity contribution is -0.384. The predicted octanol–water partition coefficient (Wildman–Crippen LogP) is 3.50. The van der Waals surface area contributed by atoms with Gasteiger partial charge in [-0.25, -0.2) is 0 Å². The first-order valence-electron chi connectivity index (χ1n) is 10.0. The van der Waals surface area contributed by atoms with Crippen LogP contribution in [0.15, 0.2) is 66.7 Å². The summed E-state index contributed by atoms with van der Waals surface area (Å²) in [4.78, 5) is 27.4. The van der Waals surface area contributed by atoms with E-state index in [-0.39, 0.29) is 16.5 Å². The topological polar surface area (TPSA) is 78.7 Å². The van der Waals surface area contributed by atoms with E-state index in [2.05, 4.69) is 15.1 Å². The van der Waals surface area contributed by atoms with E-state index < -0.39 is 0 Å². The SMILES string of the molecule is O=C(CN1CCN(Cc2ccc([N+](=O)[O-])cc2)CC1)Nc1cccc2ccccc12. The molecule has 1 aliphatic rings. The summed E-state index contributed by atoms with van der Waals surface area (Å²) < 4.78 is 0. The number of piperazine rings is 1. The molecule has 0 bridgehead atoms. The largest absolute Gasteiger partial charge is 0.324 e. The van der Waals surface area contributed by atoms with E-state index in [1.165, 1.54) is 0 Å². The molecule has 1 heterocycles. The van der Waals surface area contributed by atoms with Crippen molar-refractivity contribution in [3.63, 3.8) is 0 Å². The van der Waals surface area contributed by atoms with Crippen molar-refractivity contribution in [2.75, 3.05) is 38.0 Å². The quantitative estimate of drug-likeness (QED) is 0.502. The summed E-state index contributed by atoms with van der Waals surface area (Å²) in [6.45, 7) is 4.48. The summed E-state index contributed by atoms with van der Waals surface area (Å²) in [6, 6.07) is 20.6. The summed E-state index contributed by atoms with van der Waals surface area (Å²) in [5.41, 5.74) is 2.01. The number of fused-ring (bicyclic) bond motifs is 1. The number of benzene rings is 3. The lowest BCUT2D eigenvalue weighted by atomic mass is 10.1. The summed E-state index contributed by atoms with van der Waals surface area (Å²) in [5, 5.41) is 16.0. The molecule has 0 aliphatic carbocycles. The second-order valence-electron chi connectivity index (χ2n) is 7.55. The Morgan fingerprint density at radius 2 is 1.57 bits per heavy atom. The Bertz CT molecular complexity index is 1040. The van der Waals surface area contributed by atoms with Crippen LogP contribution in [0.2, 0.25) is 0 Å². The lowest BCUT2D eigenvalue weighted by Crippen LogP contribution is -2.48. The molecule has 0 saturated carbocycles. The summed E-state index contributed by atoms with van der Waals surface area (Å²) in [6.07, 6.45) is 0. The number of amides is 1. The number of anilines is 1. The number of nitro benzene ring substituents is 1. The number of nitro groups is 1. The van der Waals surface area contributed by atoms with Gasteiger partial charge in [0.25, 0.3) is 5.69 Å². The summed E-state index contributed by atoms with van der Waals surface area (Å²) in [5.74, 6) is -0.00447. The number of hydrogen-bond acceptors (Lipinski definition) is 5. The molecule has 0 radical (unpaired) electrons. The third-order valence-corrected chi connectivity index (χ3v) is 5.45. The Morgan fingerprint density at radius 3 is 2.30 bits per heavy atom. The Labute approximate surface area is 175 Å². The standard InChI is InChI=1S/C23H24N4O3/c28-23(24-22-7-3-5-19-4-1-2-6-21(19)22)17-26-14-12-25(13-15-26)16-18-8-10-20(11-9-18)27(29)30/h1-11H,12-17H2,(H,24,28). The van der Waals surface area contributed by atoms with Crippen LogP contribution in [-0.4, -0.2) is 53.4 Å². The highest BCUT2D eigenvalue weighted by atomic mass is 16.6. The van der Waals surface area contributed by atoms with Crippen LogP contribution in [0.5, 0.6) is 0 Å². The van der Waals surface area contributed by atoms with E-state index in [0.717, 1.165) is 54.7 Å². The second-order valence-corrected chi connectivity index (χ2v) is 7.55. The summed E-state index contributed by atoms with van der Waals surface area (Å²) >= 11 is 0. The van der Waals surface area contributed by atoms with E-state index in [9.17, 15) is 14.9 Å². The summed E-state index contributed by atoms with van der Waals surface area (Å²) in [7, 11) is 0. The fourth-order valence-electron chi connectivity index (χ4n) is 3.81. The van der Waals surface area contributed by atoms with Gasteiger partial charge >= 0.3 is 0 Å². The van der Waals surface area contributed by atoms with E-state index in [1.807, 2.05) is 54.6 Å². The van der Waals surface area contributed by atoms with Crippen LogP contribution in [0, 0.1) is 10.1 Å². The van der Waals surface area contributed by atoms with Crippen LogP contribution in [0.3, 0.4) is 0 Å². The van der Waals surface area contributed by atoms with Crippen LogP contribution >= 0.6 is 0 Å². The molecular formula is C23H24N4O3. The van der Waals surface area contributed by atoms with E-state index in [0.29, 0.717) is 6.54 Å². The van der Waals surface area contributed by atoms with Gasteiger partial charge in [-0.2, -0.15) is 0 Å². The molecule has 3 aromatic carbocycles. The molecule has 0 spiro atoms.